The van der Waals surface area contributed by atoms with Gasteiger partial charge in [-0.15, -0.1) is 0 Å². The summed E-state index contributed by atoms with van der Waals surface area (Å²) in [6.07, 6.45) is 2.29. The van der Waals surface area contributed by atoms with Crippen molar-refractivity contribution in [3.8, 4) is 11.3 Å². The minimum Gasteiger partial charge on any atom is -0.378 e. The molecule has 0 unspecified atom stereocenters. The van der Waals surface area contributed by atoms with E-state index < -0.39 is 0 Å². The minimum atomic E-state index is -0.0620. The molecule has 8 heteroatoms. The Morgan fingerprint density at radius 2 is 1.84 bits per heavy atom. The first-order valence-electron chi connectivity index (χ1n) is 10.7. The van der Waals surface area contributed by atoms with Crippen molar-refractivity contribution in [2.45, 2.75) is 25.8 Å². The van der Waals surface area contributed by atoms with Crippen molar-refractivity contribution >= 4 is 17.5 Å². The molecule has 0 spiro atoms. The Hall–Kier alpha value is -3.26. The Kier molecular flexibility index (Phi) is 5.38. The van der Waals surface area contributed by atoms with Crippen molar-refractivity contribution in [2.75, 3.05) is 26.3 Å². The van der Waals surface area contributed by atoms with Gasteiger partial charge in [-0.25, -0.2) is 14.3 Å². The molecule has 1 aromatic carbocycles. The van der Waals surface area contributed by atoms with Gasteiger partial charge >= 0.3 is 6.03 Å². The third-order valence-electron chi connectivity index (χ3n) is 5.76. The number of hydrogen-bond acceptors (Lipinski definition) is 5. The van der Waals surface area contributed by atoms with E-state index in [0.717, 1.165) is 35.3 Å². The fourth-order valence-corrected chi connectivity index (χ4v) is 3.80. The molecule has 0 atom stereocenters. The monoisotopic (exact) mass is 419 g/mol. The summed E-state index contributed by atoms with van der Waals surface area (Å²) in [4.78, 5) is 30.7. The molecule has 1 saturated carbocycles. The Balaban J connectivity index is 1.28. The lowest BCUT2D eigenvalue weighted by Gasteiger charge is -2.26. The number of nitrogens with zero attached hydrogens (tertiary/aromatic N) is 4. The molecule has 0 bridgehead atoms. The van der Waals surface area contributed by atoms with Crippen molar-refractivity contribution in [1.82, 2.24) is 24.8 Å². The smallest absolute Gasteiger partial charge is 0.317 e. The number of Topliss-reactive ketones (excluding diaryl/α,β-unsaturated/α-hetero) is 1. The Bertz CT molecular complexity index is 1100. The van der Waals surface area contributed by atoms with E-state index in [1.165, 1.54) is 0 Å². The topological polar surface area (TPSA) is 88.8 Å². The van der Waals surface area contributed by atoms with Crippen LogP contribution >= 0.6 is 0 Å². The van der Waals surface area contributed by atoms with Gasteiger partial charge in [-0.2, -0.15) is 5.10 Å². The number of carbonyl (C=O) groups excluding carboxylic acids is 2. The van der Waals surface area contributed by atoms with Crippen LogP contribution in [0.25, 0.3) is 16.9 Å². The van der Waals surface area contributed by atoms with E-state index in [1.54, 1.807) is 9.42 Å². The van der Waals surface area contributed by atoms with Crippen molar-refractivity contribution in [2.24, 2.45) is 5.92 Å². The maximum Gasteiger partial charge on any atom is 0.317 e. The minimum absolute atomic E-state index is 0.0620. The number of morpholine rings is 1. The molecule has 2 fully saturated rings. The summed E-state index contributed by atoms with van der Waals surface area (Å²) >= 11 is 0. The number of carbonyl (C=O) groups is 2. The van der Waals surface area contributed by atoms with Crippen LogP contribution in [0.2, 0.25) is 0 Å². The average molecular weight is 419 g/mol. The number of pyridine rings is 1. The number of nitrogens with one attached hydrogen (secondary N) is 1. The molecule has 1 N–H and O–H groups in total. The molecule has 8 nitrogen and oxygen atoms in total. The fraction of sp³-hybridized carbons (Fsp3) is 0.391. The number of hydrogen-bond donors (Lipinski definition) is 1. The number of urea groups is 1. The van der Waals surface area contributed by atoms with Gasteiger partial charge in [0.25, 0.3) is 0 Å². The molecule has 31 heavy (non-hydrogen) atoms. The van der Waals surface area contributed by atoms with Crippen LogP contribution in [-0.2, 0) is 22.5 Å². The van der Waals surface area contributed by atoms with Crippen LogP contribution < -0.4 is 5.32 Å². The number of fused-ring (bicyclic) bond motifs is 1. The summed E-state index contributed by atoms with van der Waals surface area (Å²) in [7, 11) is 0. The van der Waals surface area contributed by atoms with Crippen LogP contribution in [0.3, 0.4) is 0 Å². The standard InChI is InChI=1S/C23H25N5O3/c29-20(18-8-9-18)14-21-25-22-3-1-2-19(28(22)26-21)17-6-4-16(5-7-17)15-24-23(30)27-10-12-31-13-11-27/h1-7,18H,8-15H2,(H,24,30). The first-order chi connectivity index (χ1) is 15.2. The summed E-state index contributed by atoms with van der Waals surface area (Å²) in [5.74, 6) is 1.02. The van der Waals surface area contributed by atoms with Crippen molar-refractivity contribution in [3.05, 3.63) is 53.9 Å². The predicted octanol–water partition coefficient (Wildman–Crippen LogP) is 2.46. The SMILES string of the molecule is O=C(Cc1nc2cccc(-c3ccc(CNC(=O)N4CCOCC4)cc3)n2n1)C1CC1. The highest BCUT2D eigenvalue weighted by Crippen LogP contribution is 2.30. The normalized spacial score (nSPS) is 16.5. The lowest BCUT2D eigenvalue weighted by Crippen LogP contribution is -2.45. The van der Waals surface area contributed by atoms with Gasteiger partial charge in [0.15, 0.2) is 11.5 Å². The van der Waals surface area contributed by atoms with Crippen molar-refractivity contribution in [3.63, 3.8) is 0 Å². The van der Waals surface area contributed by atoms with Gasteiger partial charge in [-0.1, -0.05) is 30.3 Å². The predicted molar refractivity (Wildman–Crippen MR) is 114 cm³/mol. The molecule has 1 aliphatic heterocycles. The highest BCUT2D eigenvalue weighted by Gasteiger charge is 2.30. The van der Waals surface area contributed by atoms with Crippen LogP contribution in [0, 0.1) is 5.92 Å². The first-order valence-corrected chi connectivity index (χ1v) is 10.7. The van der Waals surface area contributed by atoms with E-state index in [2.05, 4.69) is 15.4 Å². The second kappa shape index (κ2) is 8.47. The van der Waals surface area contributed by atoms with E-state index in [1.807, 2.05) is 42.5 Å². The Labute approximate surface area is 180 Å². The van der Waals surface area contributed by atoms with Gasteiger partial charge in [0, 0.05) is 31.1 Å². The van der Waals surface area contributed by atoms with Gasteiger partial charge in [0.1, 0.15) is 5.78 Å². The highest BCUT2D eigenvalue weighted by atomic mass is 16.5. The summed E-state index contributed by atoms with van der Waals surface area (Å²) in [6, 6.07) is 13.8. The van der Waals surface area contributed by atoms with Crippen molar-refractivity contribution < 1.29 is 14.3 Å². The van der Waals surface area contributed by atoms with Crippen molar-refractivity contribution in [1.29, 1.82) is 0 Å². The fourth-order valence-electron chi connectivity index (χ4n) is 3.80. The van der Waals surface area contributed by atoms with E-state index in [4.69, 9.17) is 4.74 Å². The van der Waals surface area contributed by atoms with Crippen LogP contribution in [0.15, 0.2) is 42.5 Å². The molecule has 160 valence electrons. The van der Waals surface area contributed by atoms with Gasteiger partial charge in [-0.05, 0) is 30.5 Å². The molecular formula is C23H25N5O3. The zero-order chi connectivity index (χ0) is 21.2. The molecule has 1 saturated heterocycles. The van der Waals surface area contributed by atoms with Crippen LogP contribution in [0.5, 0.6) is 0 Å². The number of aromatic nitrogens is 3. The Morgan fingerprint density at radius 3 is 2.58 bits per heavy atom. The number of ether oxygens (including phenoxy) is 1. The van der Waals surface area contributed by atoms with Gasteiger partial charge in [0.05, 0.1) is 25.3 Å². The molecule has 2 amide bonds. The number of amides is 2. The maximum absolute atomic E-state index is 12.2. The molecule has 5 rings (SSSR count). The first kappa shape index (κ1) is 19.7. The lowest BCUT2D eigenvalue weighted by atomic mass is 10.1. The third-order valence-corrected chi connectivity index (χ3v) is 5.76. The second-order valence-electron chi connectivity index (χ2n) is 8.08. The molecule has 3 heterocycles. The highest BCUT2D eigenvalue weighted by molar-refractivity contribution is 5.84. The second-order valence-corrected chi connectivity index (χ2v) is 8.08. The molecule has 2 aliphatic rings. The number of rotatable bonds is 6. The lowest BCUT2D eigenvalue weighted by molar-refractivity contribution is -0.119. The van der Waals surface area contributed by atoms with Crippen LogP contribution in [0.4, 0.5) is 4.79 Å². The molecule has 1 aliphatic carbocycles. The van der Waals surface area contributed by atoms with E-state index in [-0.39, 0.29) is 17.7 Å². The molecule has 3 aromatic rings. The number of ketones is 1. The van der Waals surface area contributed by atoms with Gasteiger partial charge in [0.2, 0.25) is 0 Å². The van der Waals surface area contributed by atoms with Gasteiger partial charge in [-0.3, -0.25) is 4.79 Å². The van der Waals surface area contributed by atoms with Crippen LogP contribution in [0.1, 0.15) is 24.2 Å². The van der Waals surface area contributed by atoms with Crippen LogP contribution in [-0.4, -0.2) is 57.6 Å². The third kappa shape index (κ3) is 4.44. The zero-order valence-corrected chi connectivity index (χ0v) is 17.3. The number of benzene rings is 1. The zero-order valence-electron chi connectivity index (χ0n) is 17.3. The molecule has 2 aromatic heterocycles. The summed E-state index contributed by atoms with van der Waals surface area (Å²) < 4.78 is 7.08. The quantitative estimate of drug-likeness (QED) is 0.663. The summed E-state index contributed by atoms with van der Waals surface area (Å²) in [5.41, 5.74) is 3.67. The summed E-state index contributed by atoms with van der Waals surface area (Å²) in [5, 5.41) is 7.55. The van der Waals surface area contributed by atoms with E-state index in [9.17, 15) is 9.59 Å². The van der Waals surface area contributed by atoms with Gasteiger partial charge < -0.3 is 15.0 Å². The molecule has 0 radical (unpaired) electrons. The Morgan fingerprint density at radius 1 is 1.06 bits per heavy atom. The molecular weight excluding hydrogens is 394 g/mol. The maximum atomic E-state index is 12.2. The summed E-state index contributed by atoms with van der Waals surface area (Å²) in [6.45, 7) is 2.90. The largest absolute Gasteiger partial charge is 0.378 e. The van der Waals surface area contributed by atoms with E-state index >= 15 is 0 Å². The van der Waals surface area contributed by atoms with E-state index in [0.29, 0.717) is 45.1 Å². The average Bonchev–Trinajstić information content (AvgIpc) is 3.58.